The van der Waals surface area contributed by atoms with Gasteiger partial charge in [-0.2, -0.15) is 4.31 Å². The van der Waals surface area contributed by atoms with Gasteiger partial charge in [-0.15, -0.1) is 0 Å². The molecule has 6 heteroatoms. The number of carbonyl (C=O) groups is 1. The standard InChI is InChI=1S/C22H30N2O3S/c1-15-4-6-19(7-5-15)28(26,27)24-8-2-3-20(24)21(25)23-22-12-16-9-17(13-22)11-18(10-16)14-22/h4-7,16-18,20H,2-3,8-14H2,1H3,(H,23,25)/t16?,17?,18?,20-,22?/m0/s1. The van der Waals surface area contributed by atoms with Crippen LogP contribution in [0.4, 0.5) is 0 Å². The number of hydrogen-bond donors (Lipinski definition) is 1. The maximum Gasteiger partial charge on any atom is 0.243 e. The molecule has 0 unspecified atom stereocenters. The molecule has 1 heterocycles. The van der Waals surface area contributed by atoms with Crippen LogP contribution >= 0.6 is 0 Å². The molecule has 0 radical (unpaired) electrons. The lowest BCUT2D eigenvalue weighted by Gasteiger charge is -2.57. The smallest absolute Gasteiger partial charge is 0.243 e. The molecule has 1 aromatic carbocycles. The number of hydrogen-bond acceptors (Lipinski definition) is 3. The first-order valence-corrected chi connectivity index (χ1v) is 12.2. The second-order valence-electron chi connectivity index (χ2n) is 9.77. The van der Waals surface area contributed by atoms with E-state index in [1.54, 1.807) is 12.1 Å². The Morgan fingerprint density at radius 1 is 1.04 bits per heavy atom. The quantitative estimate of drug-likeness (QED) is 0.841. The molecular formula is C22H30N2O3S. The zero-order chi connectivity index (χ0) is 19.5. The van der Waals surface area contributed by atoms with Crippen LogP contribution in [0.2, 0.25) is 0 Å². The van der Waals surface area contributed by atoms with E-state index in [2.05, 4.69) is 5.32 Å². The van der Waals surface area contributed by atoms with Crippen molar-refractivity contribution in [2.45, 2.75) is 74.8 Å². The molecule has 1 aliphatic heterocycles. The molecule has 4 bridgehead atoms. The summed E-state index contributed by atoms with van der Waals surface area (Å²) in [4.78, 5) is 13.5. The van der Waals surface area contributed by atoms with Crippen molar-refractivity contribution in [2.75, 3.05) is 6.54 Å². The highest BCUT2D eigenvalue weighted by Gasteiger charge is 2.52. The second-order valence-corrected chi connectivity index (χ2v) is 11.7. The van der Waals surface area contributed by atoms with Crippen LogP contribution in [0.1, 0.15) is 56.9 Å². The van der Waals surface area contributed by atoms with E-state index in [1.807, 2.05) is 19.1 Å². The highest BCUT2D eigenvalue weighted by molar-refractivity contribution is 7.89. The first-order valence-electron chi connectivity index (χ1n) is 10.8. The summed E-state index contributed by atoms with van der Waals surface area (Å²) in [6, 6.07) is 6.36. The molecule has 0 spiro atoms. The van der Waals surface area contributed by atoms with Crippen LogP contribution in [0.3, 0.4) is 0 Å². The van der Waals surface area contributed by atoms with E-state index >= 15 is 0 Å². The van der Waals surface area contributed by atoms with E-state index < -0.39 is 16.1 Å². The first kappa shape index (κ1) is 18.6. The van der Waals surface area contributed by atoms with Crippen molar-refractivity contribution in [1.29, 1.82) is 0 Å². The van der Waals surface area contributed by atoms with E-state index in [-0.39, 0.29) is 16.3 Å². The number of carbonyl (C=O) groups excluding carboxylic acids is 1. The monoisotopic (exact) mass is 402 g/mol. The molecule has 1 N–H and O–H groups in total. The Balaban J connectivity index is 1.35. The Hall–Kier alpha value is -1.40. The molecule has 1 amide bonds. The summed E-state index contributed by atoms with van der Waals surface area (Å²) >= 11 is 0. The molecule has 6 rings (SSSR count). The van der Waals surface area contributed by atoms with Gasteiger partial charge in [0.05, 0.1) is 4.90 Å². The maximum absolute atomic E-state index is 13.3. The van der Waals surface area contributed by atoms with Gasteiger partial charge in [0.15, 0.2) is 0 Å². The third kappa shape index (κ3) is 3.09. The highest BCUT2D eigenvalue weighted by Crippen LogP contribution is 2.55. The molecular weight excluding hydrogens is 372 g/mol. The fourth-order valence-electron chi connectivity index (χ4n) is 6.74. The van der Waals surface area contributed by atoms with Gasteiger partial charge in [0.2, 0.25) is 15.9 Å². The predicted octanol–water partition coefficient (Wildman–Crippen LogP) is 3.23. The molecule has 28 heavy (non-hydrogen) atoms. The van der Waals surface area contributed by atoms with E-state index in [4.69, 9.17) is 0 Å². The van der Waals surface area contributed by atoms with Crippen molar-refractivity contribution >= 4 is 15.9 Å². The molecule has 4 saturated carbocycles. The Labute approximate surface area is 167 Å². The summed E-state index contributed by atoms with van der Waals surface area (Å²) in [6.07, 6.45) is 8.59. The Morgan fingerprint density at radius 2 is 1.61 bits per heavy atom. The average Bonchev–Trinajstić information content (AvgIpc) is 3.11. The van der Waals surface area contributed by atoms with E-state index in [9.17, 15) is 13.2 Å². The number of nitrogens with zero attached hydrogens (tertiary/aromatic N) is 1. The van der Waals surface area contributed by atoms with Crippen molar-refractivity contribution in [3.63, 3.8) is 0 Å². The zero-order valence-corrected chi connectivity index (χ0v) is 17.4. The molecule has 5 nitrogen and oxygen atoms in total. The zero-order valence-electron chi connectivity index (χ0n) is 16.6. The molecule has 0 aromatic heterocycles. The summed E-state index contributed by atoms with van der Waals surface area (Å²) in [5, 5.41) is 3.38. The number of sulfonamides is 1. The summed E-state index contributed by atoms with van der Waals surface area (Å²) < 4.78 is 27.8. The van der Waals surface area contributed by atoms with Crippen molar-refractivity contribution < 1.29 is 13.2 Å². The summed E-state index contributed by atoms with van der Waals surface area (Å²) in [5.41, 5.74) is 0.949. The lowest BCUT2D eigenvalue weighted by molar-refractivity contribution is -0.130. The van der Waals surface area contributed by atoms with Gasteiger partial charge in [-0.05, 0) is 88.2 Å². The van der Waals surface area contributed by atoms with Crippen LogP contribution in [-0.4, -0.2) is 36.8 Å². The van der Waals surface area contributed by atoms with Gasteiger partial charge in [0, 0.05) is 12.1 Å². The largest absolute Gasteiger partial charge is 0.349 e. The predicted molar refractivity (Wildman–Crippen MR) is 107 cm³/mol. The Morgan fingerprint density at radius 3 is 2.18 bits per heavy atom. The number of aryl methyl sites for hydroxylation is 1. The van der Waals surface area contributed by atoms with Crippen molar-refractivity contribution in [2.24, 2.45) is 17.8 Å². The average molecular weight is 403 g/mol. The molecule has 4 aliphatic carbocycles. The summed E-state index contributed by atoms with van der Waals surface area (Å²) in [5.74, 6) is 2.18. The molecule has 5 fully saturated rings. The third-order valence-electron chi connectivity index (χ3n) is 7.56. The van der Waals surface area contributed by atoms with Crippen LogP contribution in [0, 0.1) is 24.7 Å². The first-order chi connectivity index (χ1) is 13.3. The SMILES string of the molecule is Cc1ccc(S(=O)(=O)N2CCC[C@H]2C(=O)NC23CC4CC(CC(C4)C2)C3)cc1. The number of rotatable bonds is 4. The fraction of sp³-hybridized carbons (Fsp3) is 0.682. The summed E-state index contributed by atoms with van der Waals surface area (Å²) in [6.45, 7) is 2.36. The van der Waals surface area contributed by atoms with Gasteiger partial charge in [-0.3, -0.25) is 4.79 Å². The van der Waals surface area contributed by atoms with E-state index in [0.717, 1.165) is 49.0 Å². The van der Waals surface area contributed by atoms with Crippen molar-refractivity contribution in [1.82, 2.24) is 9.62 Å². The summed E-state index contributed by atoms with van der Waals surface area (Å²) in [7, 11) is -3.64. The molecule has 1 atom stereocenters. The molecule has 5 aliphatic rings. The lowest BCUT2D eigenvalue weighted by Crippen LogP contribution is -2.62. The normalized spacial score (nSPS) is 37.3. The van der Waals surface area contributed by atoms with E-state index in [0.29, 0.717) is 13.0 Å². The Bertz CT molecular complexity index is 842. The van der Waals surface area contributed by atoms with Gasteiger partial charge in [-0.25, -0.2) is 8.42 Å². The minimum absolute atomic E-state index is 0.0739. The van der Waals surface area contributed by atoms with Crippen molar-refractivity contribution in [3.8, 4) is 0 Å². The van der Waals surface area contributed by atoms with Crippen LogP contribution in [0.15, 0.2) is 29.2 Å². The molecule has 1 aromatic rings. The third-order valence-corrected chi connectivity index (χ3v) is 9.48. The number of amides is 1. The maximum atomic E-state index is 13.3. The van der Waals surface area contributed by atoms with E-state index in [1.165, 1.54) is 23.6 Å². The number of nitrogens with one attached hydrogen (secondary N) is 1. The fourth-order valence-corrected chi connectivity index (χ4v) is 8.40. The van der Waals surface area contributed by atoms with Gasteiger partial charge in [0.25, 0.3) is 0 Å². The topological polar surface area (TPSA) is 66.5 Å². The minimum Gasteiger partial charge on any atom is -0.349 e. The lowest BCUT2D eigenvalue weighted by atomic mass is 9.53. The van der Waals surface area contributed by atoms with Crippen molar-refractivity contribution in [3.05, 3.63) is 29.8 Å². The molecule has 152 valence electrons. The van der Waals surface area contributed by atoms with Crippen LogP contribution < -0.4 is 5.32 Å². The van der Waals surface area contributed by atoms with Crippen LogP contribution in [-0.2, 0) is 14.8 Å². The molecule has 1 saturated heterocycles. The number of benzene rings is 1. The van der Waals surface area contributed by atoms with Crippen LogP contribution in [0.5, 0.6) is 0 Å². The van der Waals surface area contributed by atoms with Gasteiger partial charge in [0.1, 0.15) is 6.04 Å². The van der Waals surface area contributed by atoms with Gasteiger partial charge < -0.3 is 5.32 Å². The Kier molecular flexibility index (Phi) is 4.36. The van der Waals surface area contributed by atoms with Crippen LogP contribution in [0.25, 0.3) is 0 Å². The van der Waals surface area contributed by atoms with Gasteiger partial charge in [-0.1, -0.05) is 17.7 Å². The second kappa shape index (κ2) is 6.56. The van der Waals surface area contributed by atoms with Gasteiger partial charge >= 0.3 is 0 Å². The minimum atomic E-state index is -3.64. The highest BCUT2D eigenvalue weighted by atomic mass is 32.2.